The Hall–Kier alpha value is -1.34. The lowest BCUT2D eigenvalue weighted by Crippen LogP contribution is -2.36. The highest BCUT2D eigenvalue weighted by atomic mass is 16.3. The number of benzene rings is 1. The third-order valence-electron chi connectivity index (χ3n) is 4.06. The molecule has 1 heteroatoms. The molecule has 0 unspecified atom stereocenters. The van der Waals surface area contributed by atoms with Crippen molar-refractivity contribution in [2.75, 3.05) is 0 Å². The minimum Gasteiger partial charge on any atom is -0.389 e. The van der Waals surface area contributed by atoms with E-state index in [1.54, 1.807) is 0 Å². The van der Waals surface area contributed by atoms with Crippen LogP contribution in [0.1, 0.15) is 43.4 Å². The van der Waals surface area contributed by atoms with Gasteiger partial charge in [0.15, 0.2) is 0 Å². The van der Waals surface area contributed by atoms with E-state index in [1.165, 1.54) is 22.3 Å². The first-order valence-corrected chi connectivity index (χ1v) is 6.97. The maximum atomic E-state index is 10.5. The van der Waals surface area contributed by atoms with E-state index in [-0.39, 0.29) is 5.92 Å². The van der Waals surface area contributed by atoms with Crippen molar-refractivity contribution in [3.8, 4) is 0 Å². The Morgan fingerprint density at radius 1 is 1.26 bits per heavy atom. The van der Waals surface area contributed by atoms with E-state index in [2.05, 4.69) is 44.7 Å². The minimum absolute atomic E-state index is 0.0528. The quantitative estimate of drug-likeness (QED) is 0.776. The van der Waals surface area contributed by atoms with Gasteiger partial charge in [-0.3, -0.25) is 0 Å². The molecule has 2 rings (SSSR count). The minimum atomic E-state index is -0.659. The molecular weight excluding hydrogens is 232 g/mol. The molecule has 0 aliphatic heterocycles. The highest BCUT2D eigenvalue weighted by molar-refractivity contribution is 5.68. The Labute approximate surface area is 116 Å². The molecule has 0 amide bonds. The number of rotatable bonds is 2. The molecule has 0 fully saturated rings. The van der Waals surface area contributed by atoms with Gasteiger partial charge in [-0.1, -0.05) is 47.6 Å². The average Bonchev–Trinajstić information content (AvgIpc) is 2.26. The summed E-state index contributed by atoms with van der Waals surface area (Å²) in [5.74, 6) is 0.0528. The first-order chi connectivity index (χ1) is 8.79. The van der Waals surface area contributed by atoms with Crippen molar-refractivity contribution in [1.82, 2.24) is 0 Å². The van der Waals surface area contributed by atoms with Gasteiger partial charge in [0.25, 0.3) is 0 Å². The lowest BCUT2D eigenvalue weighted by Gasteiger charge is -2.36. The summed E-state index contributed by atoms with van der Waals surface area (Å²) in [5.41, 5.74) is 5.59. The number of hydrogen-bond donors (Lipinski definition) is 1. The lowest BCUT2D eigenvalue weighted by atomic mass is 9.74. The maximum Gasteiger partial charge on any atom is 0.0722 e. The van der Waals surface area contributed by atoms with Gasteiger partial charge >= 0.3 is 0 Å². The van der Waals surface area contributed by atoms with E-state index in [0.29, 0.717) is 0 Å². The Bertz CT molecular complexity index is 514. The molecule has 102 valence electrons. The van der Waals surface area contributed by atoms with E-state index in [1.807, 2.05) is 13.8 Å². The molecule has 19 heavy (non-hydrogen) atoms. The molecule has 1 aromatic rings. The molecule has 2 atom stereocenters. The molecule has 1 aliphatic rings. The van der Waals surface area contributed by atoms with Gasteiger partial charge in [0.05, 0.1) is 5.60 Å². The van der Waals surface area contributed by atoms with Gasteiger partial charge in [-0.15, -0.1) is 0 Å². The van der Waals surface area contributed by atoms with E-state index in [4.69, 9.17) is 0 Å². The average molecular weight is 256 g/mol. The van der Waals surface area contributed by atoms with Crippen molar-refractivity contribution in [1.29, 1.82) is 0 Å². The van der Waals surface area contributed by atoms with Gasteiger partial charge < -0.3 is 5.11 Å². The molecule has 0 saturated heterocycles. The van der Waals surface area contributed by atoms with Gasteiger partial charge in [-0.25, -0.2) is 0 Å². The van der Waals surface area contributed by atoms with Crippen molar-refractivity contribution < 1.29 is 5.11 Å². The Morgan fingerprint density at radius 3 is 2.37 bits per heavy atom. The fourth-order valence-corrected chi connectivity index (χ4v) is 3.08. The Morgan fingerprint density at radius 2 is 1.84 bits per heavy atom. The van der Waals surface area contributed by atoms with Crippen molar-refractivity contribution in [2.24, 2.45) is 5.92 Å². The zero-order valence-corrected chi connectivity index (χ0v) is 12.5. The Balaban J connectivity index is 2.43. The predicted octanol–water partition coefficient (Wildman–Crippen LogP) is 4.42. The molecule has 0 radical (unpaired) electrons. The molecule has 1 aromatic carbocycles. The summed E-state index contributed by atoms with van der Waals surface area (Å²) in [4.78, 5) is 0. The predicted molar refractivity (Wildman–Crippen MR) is 82.1 cm³/mol. The van der Waals surface area contributed by atoms with Gasteiger partial charge in [0.2, 0.25) is 0 Å². The zero-order chi connectivity index (χ0) is 14.2. The summed E-state index contributed by atoms with van der Waals surface area (Å²) in [6.07, 6.45) is 3.93. The second-order valence-corrected chi connectivity index (χ2v) is 6.25. The second kappa shape index (κ2) is 4.97. The van der Waals surface area contributed by atoms with Crippen molar-refractivity contribution in [3.63, 3.8) is 0 Å². The molecule has 1 N–H and O–H groups in total. The van der Waals surface area contributed by atoms with Crippen molar-refractivity contribution in [2.45, 2.75) is 46.1 Å². The van der Waals surface area contributed by atoms with Crippen LogP contribution in [-0.2, 0) is 0 Å². The smallest absolute Gasteiger partial charge is 0.0722 e. The molecule has 1 aliphatic carbocycles. The normalized spacial score (nSPS) is 27.0. The zero-order valence-electron chi connectivity index (χ0n) is 12.5. The molecule has 0 aromatic heterocycles. The van der Waals surface area contributed by atoms with E-state index < -0.39 is 5.60 Å². The lowest BCUT2D eigenvalue weighted by molar-refractivity contribution is 0.0200. The first-order valence-electron chi connectivity index (χ1n) is 6.97. The third kappa shape index (κ3) is 2.98. The largest absolute Gasteiger partial charge is 0.389 e. The van der Waals surface area contributed by atoms with Crippen LogP contribution < -0.4 is 0 Å². The first kappa shape index (κ1) is 14.1. The van der Waals surface area contributed by atoms with E-state index >= 15 is 0 Å². The van der Waals surface area contributed by atoms with Crippen LogP contribution in [0.3, 0.4) is 0 Å². The maximum absolute atomic E-state index is 10.5. The summed E-state index contributed by atoms with van der Waals surface area (Å²) in [6, 6.07) is 6.65. The molecule has 1 nitrogen and oxygen atoms in total. The summed E-state index contributed by atoms with van der Waals surface area (Å²) in [7, 11) is 0. The number of aryl methyl sites for hydroxylation is 2. The van der Waals surface area contributed by atoms with Crippen LogP contribution in [0, 0.1) is 19.8 Å². The van der Waals surface area contributed by atoms with E-state index in [0.717, 1.165) is 18.4 Å². The second-order valence-electron chi connectivity index (χ2n) is 6.25. The van der Waals surface area contributed by atoms with Gasteiger partial charge in [-0.2, -0.15) is 0 Å². The molecule has 0 bridgehead atoms. The third-order valence-corrected chi connectivity index (χ3v) is 4.06. The fraction of sp³-hybridized carbons (Fsp3) is 0.444. The highest BCUT2D eigenvalue weighted by Gasteiger charge is 2.34. The summed E-state index contributed by atoms with van der Waals surface area (Å²) in [6.45, 7) is 12.2. The van der Waals surface area contributed by atoms with Crippen LogP contribution in [0.25, 0.3) is 5.57 Å². The molecule has 0 heterocycles. The van der Waals surface area contributed by atoms with E-state index in [9.17, 15) is 5.11 Å². The van der Waals surface area contributed by atoms with Crippen molar-refractivity contribution >= 4 is 5.57 Å². The van der Waals surface area contributed by atoms with Crippen LogP contribution in [0.4, 0.5) is 0 Å². The Kier molecular flexibility index (Phi) is 3.69. The highest BCUT2D eigenvalue weighted by Crippen LogP contribution is 2.39. The molecule has 0 saturated carbocycles. The van der Waals surface area contributed by atoms with Crippen LogP contribution >= 0.6 is 0 Å². The fourth-order valence-electron chi connectivity index (χ4n) is 3.08. The van der Waals surface area contributed by atoms with Gasteiger partial charge in [-0.05, 0) is 51.7 Å². The van der Waals surface area contributed by atoms with Crippen molar-refractivity contribution in [3.05, 3.63) is 53.1 Å². The van der Waals surface area contributed by atoms with Crippen LogP contribution in [0.5, 0.6) is 0 Å². The number of allylic oxidation sites excluding steroid dienone is 1. The van der Waals surface area contributed by atoms with Crippen LogP contribution in [0.15, 0.2) is 36.4 Å². The summed E-state index contributed by atoms with van der Waals surface area (Å²) < 4.78 is 0. The standard InChI is InChI=1S/C18H24O/c1-12(2)17-11-15(6-7-18(17,5)19)16-9-13(3)8-14(4)10-16/h8-11,17,19H,1,6-7H2,2-5H3/t17-,18-/m0/s1. The summed E-state index contributed by atoms with van der Waals surface area (Å²) in [5, 5.41) is 10.5. The molecule has 0 spiro atoms. The van der Waals surface area contributed by atoms with Gasteiger partial charge in [0.1, 0.15) is 0 Å². The van der Waals surface area contributed by atoms with Crippen LogP contribution in [-0.4, -0.2) is 10.7 Å². The summed E-state index contributed by atoms with van der Waals surface area (Å²) >= 11 is 0. The monoisotopic (exact) mass is 256 g/mol. The van der Waals surface area contributed by atoms with Gasteiger partial charge in [0, 0.05) is 5.92 Å². The molecular formula is C18H24O. The SMILES string of the molecule is C=C(C)[C@@H]1C=C(c2cc(C)cc(C)c2)CC[C@]1(C)O. The topological polar surface area (TPSA) is 20.2 Å². The van der Waals surface area contributed by atoms with Crippen LogP contribution in [0.2, 0.25) is 0 Å². The number of hydrogen-bond acceptors (Lipinski definition) is 1. The number of aliphatic hydroxyl groups is 1.